The van der Waals surface area contributed by atoms with Crippen LogP contribution in [0, 0.1) is 0 Å². The van der Waals surface area contributed by atoms with Crippen LogP contribution in [-0.2, 0) is 11.3 Å². The number of rotatable bonds is 5. The summed E-state index contributed by atoms with van der Waals surface area (Å²) in [4.78, 5) is 26.8. The molecule has 2 amide bonds. The number of thioether (sulfide) groups is 1. The Morgan fingerprint density at radius 3 is 2.38 bits per heavy atom. The minimum absolute atomic E-state index is 0.0358. The molecule has 4 rings (SSSR count). The molecule has 1 fully saturated rings. The van der Waals surface area contributed by atoms with Gasteiger partial charge in [0.05, 0.1) is 5.75 Å². The van der Waals surface area contributed by atoms with Crippen LogP contribution in [0.3, 0.4) is 0 Å². The molecule has 146 valence electrons. The van der Waals surface area contributed by atoms with Crippen molar-refractivity contribution >= 4 is 45.2 Å². The zero-order valence-electron chi connectivity index (χ0n) is 15.5. The van der Waals surface area contributed by atoms with Crippen molar-refractivity contribution in [2.75, 3.05) is 11.1 Å². The van der Waals surface area contributed by atoms with Crippen LogP contribution in [0.25, 0.3) is 0 Å². The molecule has 0 saturated carbocycles. The predicted molar refractivity (Wildman–Crippen MR) is 121 cm³/mol. The van der Waals surface area contributed by atoms with Crippen molar-refractivity contribution in [3.63, 3.8) is 0 Å². The third-order valence-electron chi connectivity index (χ3n) is 4.72. The molecular weight excluding hydrogens is 448 g/mol. The van der Waals surface area contributed by atoms with Gasteiger partial charge in [0, 0.05) is 22.3 Å². The van der Waals surface area contributed by atoms with E-state index < -0.39 is 0 Å². The number of benzene rings is 3. The Labute approximate surface area is 182 Å². The van der Waals surface area contributed by atoms with Crippen molar-refractivity contribution < 1.29 is 9.59 Å². The van der Waals surface area contributed by atoms with Crippen molar-refractivity contribution in [1.82, 2.24) is 4.90 Å². The molecule has 0 spiro atoms. The number of hydrogen-bond acceptors (Lipinski definition) is 3. The van der Waals surface area contributed by atoms with Gasteiger partial charge in [0.15, 0.2) is 0 Å². The molecule has 1 aliphatic heterocycles. The van der Waals surface area contributed by atoms with Gasteiger partial charge in [0.25, 0.3) is 5.91 Å². The number of amides is 2. The third-order valence-corrected chi connectivity index (χ3v) is 6.51. The summed E-state index contributed by atoms with van der Waals surface area (Å²) < 4.78 is 0.962. The lowest BCUT2D eigenvalue weighted by molar-refractivity contribution is -0.128. The number of anilines is 1. The second-order valence-electron chi connectivity index (χ2n) is 6.75. The average molecular weight is 467 g/mol. The fourth-order valence-corrected chi connectivity index (χ4v) is 4.67. The molecule has 1 atom stereocenters. The predicted octanol–water partition coefficient (Wildman–Crippen LogP) is 5.48. The van der Waals surface area contributed by atoms with Crippen molar-refractivity contribution in [2.24, 2.45) is 0 Å². The van der Waals surface area contributed by atoms with Crippen LogP contribution in [0.4, 0.5) is 5.69 Å². The lowest BCUT2D eigenvalue weighted by Gasteiger charge is -2.24. The molecule has 1 saturated heterocycles. The molecule has 4 nitrogen and oxygen atoms in total. The summed E-state index contributed by atoms with van der Waals surface area (Å²) in [5, 5.41) is 2.86. The van der Waals surface area contributed by atoms with E-state index in [0.717, 1.165) is 21.3 Å². The van der Waals surface area contributed by atoms with Crippen molar-refractivity contribution in [2.45, 2.75) is 11.9 Å². The Morgan fingerprint density at radius 2 is 1.69 bits per heavy atom. The van der Waals surface area contributed by atoms with Crippen molar-refractivity contribution in [1.29, 1.82) is 0 Å². The number of halogens is 1. The summed E-state index contributed by atoms with van der Waals surface area (Å²) in [6.07, 6.45) is 0. The molecule has 6 heteroatoms. The first-order chi connectivity index (χ1) is 14.1. The van der Waals surface area contributed by atoms with Crippen LogP contribution in [-0.4, -0.2) is 22.5 Å². The summed E-state index contributed by atoms with van der Waals surface area (Å²) in [7, 11) is 0. The maximum absolute atomic E-state index is 12.5. The van der Waals surface area contributed by atoms with E-state index >= 15 is 0 Å². The van der Waals surface area contributed by atoms with Gasteiger partial charge in [-0.05, 0) is 47.5 Å². The first kappa shape index (κ1) is 19.7. The highest BCUT2D eigenvalue weighted by molar-refractivity contribution is 9.10. The first-order valence-electron chi connectivity index (χ1n) is 9.22. The highest BCUT2D eigenvalue weighted by atomic mass is 79.9. The second kappa shape index (κ2) is 8.84. The van der Waals surface area contributed by atoms with E-state index in [-0.39, 0.29) is 17.2 Å². The van der Waals surface area contributed by atoms with Crippen LogP contribution < -0.4 is 5.32 Å². The van der Waals surface area contributed by atoms with Crippen molar-refractivity contribution in [3.05, 3.63) is 100 Å². The van der Waals surface area contributed by atoms with Gasteiger partial charge < -0.3 is 10.2 Å². The summed E-state index contributed by atoms with van der Waals surface area (Å²) >= 11 is 5.00. The van der Waals surface area contributed by atoms with Gasteiger partial charge in [-0.25, -0.2) is 0 Å². The fourth-order valence-electron chi connectivity index (χ4n) is 3.22. The number of nitrogens with one attached hydrogen (secondary N) is 1. The SMILES string of the molecule is O=C(Nc1ccc(Br)cc1)c1ccc([C@@H]2SCC(=O)N2Cc2ccccc2)cc1. The molecule has 0 bridgehead atoms. The van der Waals surface area contributed by atoms with Crippen LogP contribution in [0.15, 0.2) is 83.3 Å². The summed E-state index contributed by atoms with van der Waals surface area (Å²) in [5.41, 5.74) is 3.46. The van der Waals surface area contributed by atoms with Gasteiger partial charge in [-0.3, -0.25) is 9.59 Å². The molecule has 1 N–H and O–H groups in total. The largest absolute Gasteiger partial charge is 0.322 e. The van der Waals surface area contributed by atoms with E-state index in [0.29, 0.717) is 17.9 Å². The summed E-state index contributed by atoms with van der Waals surface area (Å²) in [5.74, 6) is 0.458. The van der Waals surface area contributed by atoms with Crippen LogP contribution in [0.5, 0.6) is 0 Å². The van der Waals surface area contributed by atoms with E-state index in [1.165, 1.54) is 0 Å². The second-order valence-corrected chi connectivity index (χ2v) is 8.74. The van der Waals surface area contributed by atoms with Crippen LogP contribution in [0.2, 0.25) is 0 Å². The Kier molecular flexibility index (Phi) is 6.02. The van der Waals surface area contributed by atoms with Gasteiger partial charge >= 0.3 is 0 Å². The van der Waals surface area contributed by atoms with Crippen molar-refractivity contribution in [3.8, 4) is 0 Å². The molecule has 29 heavy (non-hydrogen) atoms. The molecule has 0 unspecified atom stereocenters. The zero-order chi connectivity index (χ0) is 20.2. The van der Waals surface area contributed by atoms with E-state index in [4.69, 9.17) is 0 Å². The standard InChI is InChI=1S/C23H19BrN2O2S/c24-19-10-12-20(13-11-19)25-22(28)17-6-8-18(9-7-17)23-26(21(27)15-29-23)14-16-4-2-1-3-5-16/h1-13,23H,14-15H2,(H,25,28)/t23-/m0/s1. The maximum Gasteiger partial charge on any atom is 0.255 e. The number of carbonyl (C=O) groups excluding carboxylic acids is 2. The minimum Gasteiger partial charge on any atom is -0.322 e. The Bertz CT molecular complexity index is 1010. The topological polar surface area (TPSA) is 49.4 Å². The van der Waals surface area contributed by atoms with Crippen LogP contribution >= 0.6 is 27.7 Å². The number of hydrogen-bond donors (Lipinski definition) is 1. The van der Waals surface area contributed by atoms with Gasteiger partial charge in [-0.1, -0.05) is 58.4 Å². The lowest BCUT2D eigenvalue weighted by atomic mass is 10.1. The molecule has 0 radical (unpaired) electrons. The Morgan fingerprint density at radius 1 is 1.00 bits per heavy atom. The molecule has 0 aromatic heterocycles. The summed E-state index contributed by atoms with van der Waals surface area (Å²) in [6, 6.07) is 25.0. The smallest absolute Gasteiger partial charge is 0.255 e. The molecule has 0 aliphatic carbocycles. The molecule has 3 aromatic carbocycles. The van der Waals surface area contributed by atoms with Gasteiger partial charge in [0.2, 0.25) is 5.91 Å². The number of carbonyl (C=O) groups is 2. The van der Waals surface area contributed by atoms with E-state index in [9.17, 15) is 9.59 Å². The highest BCUT2D eigenvalue weighted by Gasteiger charge is 2.32. The quantitative estimate of drug-likeness (QED) is 0.541. The molecule has 1 heterocycles. The van der Waals surface area contributed by atoms with Gasteiger partial charge in [-0.2, -0.15) is 0 Å². The molecule has 1 aliphatic rings. The Balaban J connectivity index is 1.47. The van der Waals surface area contributed by atoms with E-state index in [1.54, 1.807) is 11.8 Å². The Hall–Kier alpha value is -2.57. The molecule has 3 aromatic rings. The van der Waals surface area contributed by atoms with Crippen LogP contribution in [0.1, 0.15) is 26.9 Å². The zero-order valence-corrected chi connectivity index (χ0v) is 17.9. The average Bonchev–Trinajstić information content (AvgIpc) is 3.11. The highest BCUT2D eigenvalue weighted by Crippen LogP contribution is 2.39. The lowest BCUT2D eigenvalue weighted by Crippen LogP contribution is -2.27. The first-order valence-corrected chi connectivity index (χ1v) is 11.1. The van der Waals surface area contributed by atoms with E-state index in [1.807, 2.05) is 83.8 Å². The number of nitrogens with zero attached hydrogens (tertiary/aromatic N) is 1. The minimum atomic E-state index is -0.157. The van der Waals surface area contributed by atoms with Gasteiger partial charge in [-0.15, -0.1) is 11.8 Å². The van der Waals surface area contributed by atoms with Gasteiger partial charge in [0.1, 0.15) is 5.37 Å². The van der Waals surface area contributed by atoms with E-state index in [2.05, 4.69) is 21.2 Å². The normalized spacial score (nSPS) is 16.1. The third kappa shape index (κ3) is 4.71. The monoisotopic (exact) mass is 466 g/mol. The summed E-state index contributed by atoms with van der Waals surface area (Å²) in [6.45, 7) is 0.586. The molecular formula is C23H19BrN2O2S. The fraction of sp³-hybridized carbons (Fsp3) is 0.130. The maximum atomic E-state index is 12.5.